The Morgan fingerprint density at radius 1 is 1.21 bits per heavy atom. The molecule has 9 heteroatoms. The van der Waals surface area contributed by atoms with E-state index in [1.807, 2.05) is 0 Å². The fraction of sp³-hybridized carbons (Fsp3) is 0.158. The van der Waals surface area contributed by atoms with Crippen molar-refractivity contribution in [2.75, 3.05) is 25.0 Å². The smallest absolute Gasteiger partial charge is 0.251 e. The Morgan fingerprint density at radius 2 is 1.96 bits per heavy atom. The van der Waals surface area contributed by atoms with Crippen LogP contribution in [0.2, 0.25) is 0 Å². The van der Waals surface area contributed by atoms with E-state index in [1.54, 1.807) is 12.1 Å². The maximum Gasteiger partial charge on any atom is 0.251 e. The van der Waals surface area contributed by atoms with Gasteiger partial charge in [-0.1, -0.05) is 18.2 Å². The molecular formula is C19H19FN4O3S. The lowest BCUT2D eigenvalue weighted by atomic mass is 10.2. The lowest BCUT2D eigenvalue weighted by molar-refractivity contribution is 0.0955. The molecule has 0 aromatic heterocycles. The van der Waals surface area contributed by atoms with Gasteiger partial charge in [-0.3, -0.25) is 4.79 Å². The number of rotatable bonds is 9. The van der Waals surface area contributed by atoms with Crippen molar-refractivity contribution in [2.24, 2.45) is 0 Å². The van der Waals surface area contributed by atoms with E-state index in [0.29, 0.717) is 5.69 Å². The molecule has 2 aromatic carbocycles. The Balaban J connectivity index is 1.96. The minimum absolute atomic E-state index is 0.0291. The Hall–Kier alpha value is -3.22. The molecule has 0 spiro atoms. The number of anilines is 1. The molecule has 0 saturated carbocycles. The molecule has 0 fully saturated rings. The summed E-state index contributed by atoms with van der Waals surface area (Å²) in [6, 6.07) is 11.6. The van der Waals surface area contributed by atoms with Crippen LogP contribution < -0.4 is 15.4 Å². The van der Waals surface area contributed by atoms with Gasteiger partial charge in [0.2, 0.25) is 10.0 Å². The minimum atomic E-state index is -3.73. The summed E-state index contributed by atoms with van der Waals surface area (Å²) in [6.45, 7) is 3.96. The lowest BCUT2D eigenvalue weighted by Gasteiger charge is -2.10. The average molecular weight is 402 g/mol. The highest BCUT2D eigenvalue weighted by Gasteiger charge is 2.15. The number of hydrogen-bond acceptors (Lipinski definition) is 5. The Morgan fingerprint density at radius 3 is 2.68 bits per heavy atom. The van der Waals surface area contributed by atoms with E-state index in [2.05, 4.69) is 21.9 Å². The largest absolute Gasteiger partial charge is 0.382 e. The minimum Gasteiger partial charge on any atom is -0.382 e. The fourth-order valence-corrected chi connectivity index (χ4v) is 3.36. The van der Waals surface area contributed by atoms with Crippen molar-refractivity contribution in [1.29, 1.82) is 5.26 Å². The van der Waals surface area contributed by atoms with Crippen LogP contribution in [0.15, 0.2) is 60.0 Å². The van der Waals surface area contributed by atoms with Crippen molar-refractivity contribution in [3.63, 3.8) is 0 Å². The Bertz CT molecular complexity index is 1020. The quantitative estimate of drug-likeness (QED) is 0.439. The number of benzene rings is 2. The van der Waals surface area contributed by atoms with Gasteiger partial charge in [-0.05, 0) is 30.3 Å². The summed E-state index contributed by atoms with van der Waals surface area (Å²) in [7, 11) is -3.73. The third-order valence-corrected chi connectivity index (χ3v) is 5.10. The number of carbonyl (C=O) groups excluding carboxylic acids is 1. The number of nitrogens with zero attached hydrogens (tertiary/aromatic N) is 1. The normalized spacial score (nSPS) is 10.7. The van der Waals surface area contributed by atoms with Crippen LogP contribution in [0.4, 0.5) is 10.1 Å². The summed E-state index contributed by atoms with van der Waals surface area (Å²) in [5.74, 6) is -1.08. The maximum atomic E-state index is 13.5. The summed E-state index contributed by atoms with van der Waals surface area (Å²) in [4.78, 5) is 12.2. The van der Waals surface area contributed by atoms with Gasteiger partial charge < -0.3 is 10.6 Å². The van der Waals surface area contributed by atoms with Crippen molar-refractivity contribution >= 4 is 21.6 Å². The van der Waals surface area contributed by atoms with Crippen LogP contribution in [-0.2, 0) is 10.0 Å². The van der Waals surface area contributed by atoms with Gasteiger partial charge in [0.25, 0.3) is 5.91 Å². The van der Waals surface area contributed by atoms with Gasteiger partial charge in [0.05, 0.1) is 10.6 Å². The zero-order valence-corrected chi connectivity index (χ0v) is 15.7. The first-order chi connectivity index (χ1) is 13.4. The molecule has 0 aliphatic heterocycles. The van der Waals surface area contributed by atoms with Crippen molar-refractivity contribution in [2.45, 2.75) is 4.90 Å². The van der Waals surface area contributed by atoms with Crippen LogP contribution >= 0.6 is 0 Å². The number of hydrogen-bond donors (Lipinski definition) is 3. The molecule has 146 valence electrons. The molecule has 0 bridgehead atoms. The second-order valence-corrected chi connectivity index (χ2v) is 7.39. The first-order valence-electron chi connectivity index (χ1n) is 8.30. The summed E-state index contributed by atoms with van der Waals surface area (Å²) in [6.07, 6.45) is 1.41. The van der Waals surface area contributed by atoms with Crippen molar-refractivity contribution in [3.8, 4) is 6.07 Å². The Kier molecular flexibility index (Phi) is 7.26. The van der Waals surface area contributed by atoms with Gasteiger partial charge in [0.1, 0.15) is 17.4 Å². The first-order valence-corrected chi connectivity index (χ1v) is 9.78. The Labute approximate surface area is 162 Å². The van der Waals surface area contributed by atoms with Crippen molar-refractivity contribution in [1.82, 2.24) is 10.0 Å². The first kappa shape index (κ1) is 21.1. The van der Waals surface area contributed by atoms with Crippen LogP contribution in [0.1, 0.15) is 15.9 Å². The molecule has 7 nitrogen and oxygen atoms in total. The van der Waals surface area contributed by atoms with Crippen LogP contribution in [-0.4, -0.2) is 34.0 Å². The van der Waals surface area contributed by atoms with E-state index in [1.165, 1.54) is 42.5 Å². The second-order valence-electron chi connectivity index (χ2n) is 5.63. The average Bonchev–Trinajstić information content (AvgIpc) is 2.69. The van der Waals surface area contributed by atoms with E-state index < -0.39 is 21.7 Å². The van der Waals surface area contributed by atoms with Crippen LogP contribution in [0.5, 0.6) is 0 Å². The SMILES string of the molecule is C=CCNS(=O)(=O)c1cccc(C(=O)NCCNc2cccc(F)c2C#N)c1. The van der Waals surface area contributed by atoms with Gasteiger partial charge in [-0.25, -0.2) is 17.5 Å². The van der Waals surface area contributed by atoms with E-state index in [9.17, 15) is 17.6 Å². The molecule has 2 rings (SSSR count). The van der Waals surface area contributed by atoms with E-state index in [0.717, 1.165) is 0 Å². The highest BCUT2D eigenvalue weighted by Crippen LogP contribution is 2.17. The molecule has 28 heavy (non-hydrogen) atoms. The summed E-state index contributed by atoms with van der Waals surface area (Å²) >= 11 is 0. The van der Waals surface area contributed by atoms with E-state index in [-0.39, 0.29) is 35.7 Å². The fourth-order valence-electron chi connectivity index (χ4n) is 2.32. The van der Waals surface area contributed by atoms with Gasteiger partial charge in [0.15, 0.2) is 0 Å². The monoisotopic (exact) mass is 402 g/mol. The van der Waals surface area contributed by atoms with Crippen LogP contribution in [0.25, 0.3) is 0 Å². The van der Waals surface area contributed by atoms with Crippen LogP contribution in [0, 0.1) is 17.1 Å². The molecule has 0 aliphatic carbocycles. The number of carbonyl (C=O) groups is 1. The summed E-state index contributed by atoms with van der Waals surface area (Å²) < 4.78 is 40.1. The molecule has 2 aromatic rings. The van der Waals surface area contributed by atoms with E-state index in [4.69, 9.17) is 5.26 Å². The third kappa shape index (κ3) is 5.39. The number of sulfonamides is 1. The van der Waals surface area contributed by atoms with Crippen molar-refractivity contribution < 1.29 is 17.6 Å². The van der Waals surface area contributed by atoms with Gasteiger partial charge >= 0.3 is 0 Å². The standard InChI is InChI=1S/C19H19FN4O3S/c1-2-9-24-28(26,27)15-6-3-5-14(12-15)19(25)23-11-10-22-18-8-4-7-17(20)16(18)13-21/h2-8,12,22,24H,1,9-11H2,(H,23,25). The highest BCUT2D eigenvalue weighted by atomic mass is 32.2. The second kappa shape index (κ2) is 9.64. The molecule has 0 atom stereocenters. The molecule has 0 heterocycles. The number of nitriles is 1. The molecule has 0 aliphatic rings. The zero-order chi connectivity index (χ0) is 20.6. The van der Waals surface area contributed by atoms with Gasteiger partial charge in [-0.15, -0.1) is 6.58 Å². The molecular weight excluding hydrogens is 383 g/mol. The zero-order valence-electron chi connectivity index (χ0n) is 14.9. The predicted molar refractivity (Wildman–Crippen MR) is 104 cm³/mol. The number of nitrogens with one attached hydrogen (secondary N) is 3. The molecule has 0 radical (unpaired) electrons. The topological polar surface area (TPSA) is 111 Å². The number of halogens is 1. The number of amides is 1. The summed E-state index contributed by atoms with van der Waals surface area (Å²) in [5.41, 5.74) is 0.418. The molecule has 0 unspecified atom stereocenters. The maximum absolute atomic E-state index is 13.5. The third-order valence-electron chi connectivity index (χ3n) is 3.68. The molecule has 0 saturated heterocycles. The van der Waals surface area contributed by atoms with Crippen molar-refractivity contribution in [3.05, 3.63) is 72.1 Å². The van der Waals surface area contributed by atoms with Crippen LogP contribution in [0.3, 0.4) is 0 Å². The highest BCUT2D eigenvalue weighted by molar-refractivity contribution is 7.89. The predicted octanol–water partition coefficient (Wildman–Crippen LogP) is 2.00. The summed E-state index contributed by atoms with van der Waals surface area (Å²) in [5, 5.41) is 14.5. The van der Waals surface area contributed by atoms with Gasteiger partial charge in [0, 0.05) is 25.2 Å². The molecule has 1 amide bonds. The van der Waals surface area contributed by atoms with Gasteiger partial charge in [-0.2, -0.15) is 5.26 Å². The van der Waals surface area contributed by atoms with E-state index >= 15 is 0 Å². The lowest BCUT2D eigenvalue weighted by Crippen LogP contribution is -2.29. The molecule has 3 N–H and O–H groups in total.